The maximum Gasteiger partial charge on any atom is 0.226 e. The average molecular weight is 265 g/mol. The molecule has 0 saturated carbocycles. The Balaban J connectivity index is 1.90. The van der Waals surface area contributed by atoms with Gasteiger partial charge < -0.3 is 10.6 Å². The van der Waals surface area contributed by atoms with E-state index in [1.54, 1.807) is 0 Å². The number of carbonyl (C=O) groups is 1. The lowest BCUT2D eigenvalue weighted by atomic mass is 10.2. The summed E-state index contributed by atoms with van der Waals surface area (Å²) in [6, 6.07) is 4.12. The number of amides is 1. The predicted octanol–water partition coefficient (Wildman–Crippen LogP) is 1.73. The second-order valence-electron chi connectivity index (χ2n) is 4.56. The van der Waals surface area contributed by atoms with Gasteiger partial charge in [0.25, 0.3) is 0 Å². The molecule has 2 rings (SSSR count). The summed E-state index contributed by atoms with van der Waals surface area (Å²) in [5.41, 5.74) is 2.65. The van der Waals surface area contributed by atoms with E-state index >= 15 is 0 Å². The Morgan fingerprint density at radius 2 is 2.39 bits per heavy atom. The van der Waals surface area contributed by atoms with Crippen molar-refractivity contribution in [2.24, 2.45) is 0 Å². The second-order valence-corrected chi connectivity index (χ2v) is 5.71. The van der Waals surface area contributed by atoms with Crippen molar-refractivity contribution >= 4 is 23.4 Å². The highest BCUT2D eigenvalue weighted by Gasteiger charge is 2.17. The molecular weight excluding hydrogens is 246 g/mol. The molecule has 1 unspecified atom stereocenters. The molecule has 0 spiro atoms. The Bertz CT molecular complexity index is 430. The highest BCUT2D eigenvalue weighted by molar-refractivity contribution is 7.99. The van der Waals surface area contributed by atoms with Crippen LogP contribution in [0.15, 0.2) is 12.1 Å². The molecular formula is C13H19N3OS. The first-order valence-electron chi connectivity index (χ1n) is 6.20. The summed E-state index contributed by atoms with van der Waals surface area (Å²) >= 11 is 1.90. The quantitative estimate of drug-likeness (QED) is 0.874. The zero-order valence-corrected chi connectivity index (χ0v) is 11.6. The lowest BCUT2D eigenvalue weighted by Gasteiger charge is -2.22. The molecule has 1 aromatic heterocycles. The van der Waals surface area contributed by atoms with Crippen molar-refractivity contribution in [1.29, 1.82) is 0 Å². The number of anilines is 1. The molecule has 98 valence electrons. The molecule has 1 saturated heterocycles. The zero-order valence-electron chi connectivity index (χ0n) is 10.8. The maximum atomic E-state index is 11.9. The lowest BCUT2D eigenvalue weighted by Crippen LogP contribution is -2.39. The minimum Gasteiger partial charge on any atom is -0.324 e. The Labute approximate surface area is 112 Å². The van der Waals surface area contributed by atoms with E-state index in [-0.39, 0.29) is 5.91 Å². The smallest absolute Gasteiger partial charge is 0.226 e. The molecule has 1 atom stereocenters. The van der Waals surface area contributed by atoms with Crippen LogP contribution in [0.1, 0.15) is 17.8 Å². The fraction of sp³-hybridized carbons (Fsp3) is 0.538. The number of nitrogens with one attached hydrogen (secondary N) is 2. The normalized spacial score (nSPS) is 19.6. The van der Waals surface area contributed by atoms with E-state index in [4.69, 9.17) is 0 Å². The highest BCUT2D eigenvalue weighted by Crippen LogP contribution is 2.15. The van der Waals surface area contributed by atoms with Gasteiger partial charge in [0.05, 0.1) is 11.4 Å². The van der Waals surface area contributed by atoms with E-state index in [9.17, 15) is 4.79 Å². The highest BCUT2D eigenvalue weighted by atomic mass is 32.2. The van der Waals surface area contributed by atoms with Crippen molar-refractivity contribution in [3.05, 3.63) is 23.5 Å². The van der Waals surface area contributed by atoms with Crippen LogP contribution >= 0.6 is 11.8 Å². The van der Waals surface area contributed by atoms with Gasteiger partial charge in [-0.25, -0.2) is 0 Å². The first kappa shape index (κ1) is 13.4. The third-order valence-corrected chi connectivity index (χ3v) is 4.06. The molecule has 2 heterocycles. The number of hydrogen-bond donors (Lipinski definition) is 2. The monoisotopic (exact) mass is 265 g/mol. The minimum atomic E-state index is 0.0590. The number of aryl methyl sites for hydroxylation is 2. The van der Waals surface area contributed by atoms with E-state index in [2.05, 4.69) is 15.6 Å². The van der Waals surface area contributed by atoms with E-state index in [0.29, 0.717) is 12.5 Å². The van der Waals surface area contributed by atoms with Crippen molar-refractivity contribution in [1.82, 2.24) is 10.3 Å². The number of pyridine rings is 1. The summed E-state index contributed by atoms with van der Waals surface area (Å²) in [5, 5.41) is 6.30. The molecule has 2 N–H and O–H groups in total. The molecule has 1 fully saturated rings. The van der Waals surface area contributed by atoms with Crippen LogP contribution in [-0.4, -0.2) is 35.0 Å². The number of hydrogen-bond acceptors (Lipinski definition) is 4. The van der Waals surface area contributed by atoms with Crippen molar-refractivity contribution in [3.8, 4) is 0 Å². The van der Waals surface area contributed by atoms with Crippen molar-refractivity contribution < 1.29 is 4.79 Å². The van der Waals surface area contributed by atoms with Gasteiger partial charge in [0.2, 0.25) is 5.91 Å². The molecule has 5 heteroatoms. The molecule has 0 radical (unpaired) electrons. The van der Waals surface area contributed by atoms with Gasteiger partial charge in [-0.3, -0.25) is 9.78 Å². The van der Waals surface area contributed by atoms with Gasteiger partial charge in [-0.2, -0.15) is 11.8 Å². The van der Waals surface area contributed by atoms with Gasteiger partial charge in [0, 0.05) is 36.2 Å². The minimum absolute atomic E-state index is 0.0590. The second kappa shape index (κ2) is 6.20. The summed E-state index contributed by atoms with van der Waals surface area (Å²) in [6.45, 7) is 4.85. The predicted molar refractivity (Wildman–Crippen MR) is 76.1 cm³/mol. The SMILES string of the molecule is Cc1ccc(NC(=O)CC2CSCCN2)c(C)n1. The number of carbonyl (C=O) groups excluding carboxylic acids is 1. The van der Waals surface area contributed by atoms with Gasteiger partial charge in [-0.1, -0.05) is 0 Å². The molecule has 0 aliphatic carbocycles. The van der Waals surface area contributed by atoms with Crippen LogP contribution in [0, 0.1) is 13.8 Å². The summed E-state index contributed by atoms with van der Waals surface area (Å²) in [4.78, 5) is 16.3. The Kier molecular flexibility index (Phi) is 4.60. The van der Waals surface area contributed by atoms with Crippen LogP contribution in [0.3, 0.4) is 0 Å². The number of nitrogens with zero attached hydrogens (tertiary/aromatic N) is 1. The van der Waals surface area contributed by atoms with Gasteiger partial charge in [-0.15, -0.1) is 0 Å². The lowest BCUT2D eigenvalue weighted by molar-refractivity contribution is -0.116. The van der Waals surface area contributed by atoms with E-state index in [1.807, 2.05) is 37.7 Å². The van der Waals surface area contributed by atoms with Gasteiger partial charge in [0.15, 0.2) is 0 Å². The topological polar surface area (TPSA) is 54.0 Å². The molecule has 1 amide bonds. The van der Waals surface area contributed by atoms with Crippen LogP contribution in [0.4, 0.5) is 5.69 Å². The number of rotatable bonds is 3. The van der Waals surface area contributed by atoms with E-state index in [0.717, 1.165) is 35.1 Å². The fourth-order valence-corrected chi connectivity index (χ4v) is 2.94. The van der Waals surface area contributed by atoms with E-state index < -0.39 is 0 Å². The van der Waals surface area contributed by atoms with Crippen LogP contribution < -0.4 is 10.6 Å². The van der Waals surface area contributed by atoms with Crippen LogP contribution in [0.2, 0.25) is 0 Å². The third-order valence-electron chi connectivity index (χ3n) is 2.93. The van der Waals surface area contributed by atoms with Crippen LogP contribution in [0.25, 0.3) is 0 Å². The molecule has 0 bridgehead atoms. The molecule has 0 aromatic carbocycles. The third kappa shape index (κ3) is 3.71. The summed E-state index contributed by atoms with van der Waals surface area (Å²) in [5.74, 6) is 2.21. The summed E-state index contributed by atoms with van der Waals surface area (Å²) < 4.78 is 0. The van der Waals surface area contributed by atoms with Gasteiger partial charge >= 0.3 is 0 Å². The average Bonchev–Trinajstić information content (AvgIpc) is 2.34. The molecule has 4 nitrogen and oxygen atoms in total. The Morgan fingerprint density at radius 3 is 3.06 bits per heavy atom. The summed E-state index contributed by atoms with van der Waals surface area (Å²) in [7, 11) is 0. The molecule has 1 aliphatic rings. The number of aromatic nitrogens is 1. The maximum absolute atomic E-state index is 11.9. The van der Waals surface area contributed by atoms with Gasteiger partial charge in [-0.05, 0) is 26.0 Å². The van der Waals surface area contributed by atoms with Crippen LogP contribution in [0.5, 0.6) is 0 Å². The van der Waals surface area contributed by atoms with Crippen molar-refractivity contribution in [2.75, 3.05) is 23.4 Å². The van der Waals surface area contributed by atoms with Crippen molar-refractivity contribution in [2.45, 2.75) is 26.3 Å². The zero-order chi connectivity index (χ0) is 13.0. The van der Waals surface area contributed by atoms with E-state index in [1.165, 1.54) is 0 Å². The first-order valence-corrected chi connectivity index (χ1v) is 7.36. The Hall–Kier alpha value is -1.07. The number of thioether (sulfide) groups is 1. The Morgan fingerprint density at radius 1 is 1.56 bits per heavy atom. The molecule has 18 heavy (non-hydrogen) atoms. The standard InChI is InChI=1S/C13H19N3OS/c1-9-3-4-12(10(2)15-9)16-13(17)7-11-8-18-6-5-14-11/h3-4,11,14H,5-8H2,1-2H3,(H,16,17). The molecule has 1 aliphatic heterocycles. The largest absolute Gasteiger partial charge is 0.324 e. The molecule has 1 aromatic rings. The fourth-order valence-electron chi connectivity index (χ4n) is 1.99. The first-order chi connectivity index (χ1) is 8.65. The van der Waals surface area contributed by atoms with Gasteiger partial charge in [0.1, 0.15) is 0 Å². The summed E-state index contributed by atoms with van der Waals surface area (Å²) in [6.07, 6.45) is 0.528. The van der Waals surface area contributed by atoms with Crippen molar-refractivity contribution in [3.63, 3.8) is 0 Å². The van der Waals surface area contributed by atoms with Crippen LogP contribution in [-0.2, 0) is 4.79 Å².